The summed E-state index contributed by atoms with van der Waals surface area (Å²) in [6.45, 7) is 3.92. The van der Waals surface area contributed by atoms with E-state index in [0.717, 1.165) is 11.3 Å². The average Bonchev–Trinajstić information content (AvgIpc) is 3.02. The fourth-order valence-corrected chi connectivity index (χ4v) is 3.89. The van der Waals surface area contributed by atoms with E-state index in [9.17, 15) is 19.5 Å². The first-order chi connectivity index (χ1) is 15.4. The van der Waals surface area contributed by atoms with Crippen LogP contribution in [0.15, 0.2) is 48.5 Å². The third-order valence-electron chi connectivity index (χ3n) is 5.32. The number of nitrogens with one attached hydrogen (secondary N) is 2. The lowest BCUT2D eigenvalue weighted by Gasteiger charge is -2.27. The van der Waals surface area contributed by atoms with Crippen molar-refractivity contribution >= 4 is 23.4 Å². The molecule has 1 aliphatic rings. The molecule has 1 aliphatic carbocycles. The molecule has 3 N–H and O–H groups in total. The number of Topliss-reactive ketones (excluding diaryl/α,β-unsaturated/α-hetero) is 1. The first kappa shape index (κ1) is 23.4. The molecule has 0 radical (unpaired) electrons. The molecular weight excluding hydrogens is 412 g/mol. The van der Waals surface area contributed by atoms with Gasteiger partial charge in [-0.2, -0.15) is 0 Å². The lowest BCUT2D eigenvalue weighted by molar-refractivity contribution is -0.141. The van der Waals surface area contributed by atoms with Gasteiger partial charge in [-0.25, -0.2) is 0 Å². The maximum absolute atomic E-state index is 13.1. The lowest BCUT2D eigenvalue weighted by Crippen LogP contribution is -2.35. The predicted octanol–water partition coefficient (Wildman–Crippen LogP) is 2.40. The number of aliphatic hydroxyl groups is 1. The molecule has 0 amide bonds. The lowest BCUT2D eigenvalue weighted by atomic mass is 9.88. The van der Waals surface area contributed by atoms with Gasteiger partial charge in [0, 0.05) is 44.2 Å². The molecule has 2 aromatic carbocycles. The second-order valence-electron chi connectivity index (χ2n) is 7.58. The van der Waals surface area contributed by atoms with Gasteiger partial charge in [0.05, 0.1) is 12.0 Å². The molecule has 2 aromatic rings. The number of hydrogen-bond donors (Lipinski definition) is 3. The van der Waals surface area contributed by atoms with Crippen LogP contribution in [0, 0.1) is 5.92 Å². The number of ketones is 1. The van der Waals surface area contributed by atoms with Gasteiger partial charge >= 0.3 is 11.9 Å². The monoisotopic (exact) mass is 440 g/mol. The summed E-state index contributed by atoms with van der Waals surface area (Å²) in [4.78, 5) is 35.0. The zero-order valence-electron chi connectivity index (χ0n) is 18.2. The third kappa shape index (κ3) is 5.72. The van der Waals surface area contributed by atoms with Gasteiger partial charge in [0.2, 0.25) is 0 Å². The molecular formula is C24H28N2O6. The summed E-state index contributed by atoms with van der Waals surface area (Å²) in [6.07, 6.45) is -0.938. The van der Waals surface area contributed by atoms with Gasteiger partial charge in [0.25, 0.3) is 0 Å². The van der Waals surface area contributed by atoms with Gasteiger partial charge in [-0.1, -0.05) is 36.4 Å². The molecule has 32 heavy (non-hydrogen) atoms. The maximum Gasteiger partial charge on any atom is 0.302 e. The minimum absolute atomic E-state index is 0.123. The SMILES string of the molecule is CC(=O)OCCNc1ccc(C(NCCOC(C)=O)C2C(=O)c3ccccc3C2O)cc1. The first-order valence-electron chi connectivity index (χ1n) is 10.5. The van der Waals surface area contributed by atoms with Crippen molar-refractivity contribution in [3.05, 3.63) is 65.2 Å². The largest absolute Gasteiger partial charge is 0.465 e. The normalized spacial score (nSPS) is 18.0. The molecule has 0 heterocycles. The summed E-state index contributed by atoms with van der Waals surface area (Å²) in [5.74, 6) is -1.53. The highest BCUT2D eigenvalue weighted by Crippen LogP contribution is 2.42. The van der Waals surface area contributed by atoms with Gasteiger partial charge in [-0.05, 0) is 23.3 Å². The molecule has 8 nitrogen and oxygen atoms in total. The highest BCUT2D eigenvalue weighted by atomic mass is 16.5. The van der Waals surface area contributed by atoms with Crippen LogP contribution in [0.4, 0.5) is 5.69 Å². The Morgan fingerprint density at radius 1 is 0.969 bits per heavy atom. The van der Waals surface area contributed by atoms with Crippen molar-refractivity contribution in [1.82, 2.24) is 5.32 Å². The van der Waals surface area contributed by atoms with Crippen LogP contribution in [0.3, 0.4) is 0 Å². The number of rotatable bonds is 10. The van der Waals surface area contributed by atoms with E-state index in [1.54, 1.807) is 24.3 Å². The predicted molar refractivity (Wildman–Crippen MR) is 118 cm³/mol. The fraction of sp³-hybridized carbons (Fsp3) is 0.375. The molecule has 0 saturated carbocycles. The zero-order valence-corrected chi connectivity index (χ0v) is 18.2. The number of aliphatic hydroxyl groups excluding tert-OH is 1. The maximum atomic E-state index is 13.1. The van der Waals surface area contributed by atoms with Gasteiger partial charge < -0.3 is 25.2 Å². The summed E-state index contributed by atoms with van der Waals surface area (Å²) in [5.41, 5.74) is 2.81. The molecule has 0 aliphatic heterocycles. The Kier molecular flexibility index (Phi) is 7.97. The van der Waals surface area contributed by atoms with Crippen LogP contribution in [-0.4, -0.2) is 49.1 Å². The molecule has 3 rings (SSSR count). The quantitative estimate of drug-likeness (QED) is 0.381. The smallest absolute Gasteiger partial charge is 0.302 e. The molecule has 0 fully saturated rings. The highest BCUT2D eigenvalue weighted by Gasteiger charge is 2.43. The van der Waals surface area contributed by atoms with E-state index < -0.39 is 18.1 Å². The molecule has 0 spiro atoms. The second kappa shape index (κ2) is 10.9. The number of ether oxygens (including phenoxy) is 2. The topological polar surface area (TPSA) is 114 Å². The van der Waals surface area contributed by atoms with Crippen molar-refractivity contribution in [2.24, 2.45) is 5.92 Å². The number of anilines is 1. The molecule has 0 bridgehead atoms. The first-order valence-corrected chi connectivity index (χ1v) is 10.5. The van der Waals surface area contributed by atoms with Crippen LogP contribution in [-0.2, 0) is 19.1 Å². The van der Waals surface area contributed by atoms with E-state index in [1.165, 1.54) is 13.8 Å². The van der Waals surface area contributed by atoms with Crippen LogP contribution < -0.4 is 10.6 Å². The van der Waals surface area contributed by atoms with Crippen LogP contribution >= 0.6 is 0 Å². The Hall–Kier alpha value is -3.23. The summed E-state index contributed by atoms with van der Waals surface area (Å²) in [5, 5.41) is 17.4. The van der Waals surface area contributed by atoms with E-state index >= 15 is 0 Å². The van der Waals surface area contributed by atoms with E-state index in [2.05, 4.69) is 10.6 Å². The van der Waals surface area contributed by atoms with Crippen molar-refractivity contribution in [3.63, 3.8) is 0 Å². The van der Waals surface area contributed by atoms with E-state index in [-0.39, 0.29) is 30.9 Å². The van der Waals surface area contributed by atoms with Gasteiger partial charge in [0.1, 0.15) is 13.2 Å². The summed E-state index contributed by atoms with van der Waals surface area (Å²) in [6, 6.07) is 14.1. The standard InChI is InChI=1S/C24H28N2O6/c1-15(27)31-13-11-25-18-9-7-17(8-10-18)22(26-12-14-32-16(2)28)21-23(29)19-5-3-4-6-20(19)24(21)30/h3-10,21-23,25-26,29H,11-14H2,1-2H3. The summed E-state index contributed by atoms with van der Waals surface area (Å²) >= 11 is 0. The third-order valence-corrected chi connectivity index (χ3v) is 5.32. The van der Waals surface area contributed by atoms with Gasteiger partial charge in [-0.3, -0.25) is 14.4 Å². The molecule has 170 valence electrons. The minimum Gasteiger partial charge on any atom is -0.465 e. The zero-order chi connectivity index (χ0) is 23.1. The highest BCUT2D eigenvalue weighted by molar-refractivity contribution is 6.03. The van der Waals surface area contributed by atoms with Gasteiger partial charge in [0.15, 0.2) is 5.78 Å². The van der Waals surface area contributed by atoms with Crippen molar-refractivity contribution in [1.29, 1.82) is 0 Å². The average molecular weight is 440 g/mol. The van der Waals surface area contributed by atoms with E-state index in [0.29, 0.717) is 24.2 Å². The number of hydrogen-bond acceptors (Lipinski definition) is 8. The Morgan fingerprint density at radius 3 is 2.22 bits per heavy atom. The second-order valence-corrected chi connectivity index (χ2v) is 7.58. The van der Waals surface area contributed by atoms with Crippen molar-refractivity contribution in [2.45, 2.75) is 26.0 Å². The Balaban J connectivity index is 1.75. The Labute approximate surface area is 186 Å². The van der Waals surface area contributed by atoms with Gasteiger partial charge in [-0.15, -0.1) is 0 Å². The van der Waals surface area contributed by atoms with E-state index in [1.807, 2.05) is 24.3 Å². The van der Waals surface area contributed by atoms with Crippen LogP contribution in [0.25, 0.3) is 0 Å². The van der Waals surface area contributed by atoms with Crippen LogP contribution in [0.1, 0.15) is 47.5 Å². The van der Waals surface area contributed by atoms with Crippen molar-refractivity contribution in [3.8, 4) is 0 Å². The number of fused-ring (bicyclic) bond motifs is 1. The van der Waals surface area contributed by atoms with Crippen LogP contribution in [0.2, 0.25) is 0 Å². The number of esters is 2. The van der Waals surface area contributed by atoms with Crippen molar-refractivity contribution < 1.29 is 29.0 Å². The Bertz CT molecular complexity index is 959. The summed E-state index contributed by atoms with van der Waals surface area (Å²) < 4.78 is 9.91. The molecule has 3 atom stereocenters. The number of carbonyl (C=O) groups is 3. The van der Waals surface area contributed by atoms with Crippen LogP contribution in [0.5, 0.6) is 0 Å². The number of carbonyl (C=O) groups excluding carboxylic acids is 3. The summed E-state index contributed by atoms with van der Waals surface area (Å²) in [7, 11) is 0. The Morgan fingerprint density at radius 2 is 1.59 bits per heavy atom. The van der Waals surface area contributed by atoms with Crippen molar-refractivity contribution in [2.75, 3.05) is 31.6 Å². The molecule has 8 heteroatoms. The fourth-order valence-electron chi connectivity index (χ4n) is 3.89. The molecule has 0 saturated heterocycles. The minimum atomic E-state index is -0.938. The van der Waals surface area contributed by atoms with E-state index in [4.69, 9.17) is 9.47 Å². The molecule has 0 aromatic heterocycles. The molecule has 3 unspecified atom stereocenters. The number of benzene rings is 2.